The van der Waals surface area contributed by atoms with E-state index in [1.54, 1.807) is 0 Å². The highest BCUT2D eigenvalue weighted by atomic mass is 16.5. The largest absolute Gasteiger partial charge is 0.457 e. The summed E-state index contributed by atoms with van der Waals surface area (Å²) in [4.78, 5) is 7.44. The molecule has 0 spiro atoms. The lowest BCUT2D eigenvalue weighted by molar-refractivity contribution is 0.483. The molecule has 1 aliphatic heterocycles. The van der Waals surface area contributed by atoms with Crippen LogP contribution in [0.5, 0.6) is 11.5 Å². The number of rotatable bonds is 5. The molecule has 366 valence electrons. The van der Waals surface area contributed by atoms with E-state index in [0.717, 1.165) is 45.1 Å². The lowest BCUT2D eigenvalue weighted by Crippen LogP contribution is -2.43. The fraction of sp³-hybridized carbons (Fsp3) is 0.0972. The normalized spacial score (nSPS) is 16.1. The van der Waals surface area contributed by atoms with E-state index in [9.17, 15) is 0 Å². The molecule has 3 aliphatic carbocycles. The fourth-order valence-electron chi connectivity index (χ4n) is 14.0. The van der Waals surface area contributed by atoms with Crippen molar-refractivity contribution in [2.45, 2.75) is 44.2 Å². The molecule has 5 heteroatoms. The van der Waals surface area contributed by atoms with Gasteiger partial charge in [0.05, 0.1) is 33.2 Å². The molecule has 17 rings (SSSR count). The minimum Gasteiger partial charge on any atom is -0.457 e. The first kappa shape index (κ1) is 43.9. The lowest BCUT2D eigenvalue weighted by atomic mass is 9.50. The quantitative estimate of drug-likeness (QED) is 0.172. The van der Waals surface area contributed by atoms with Crippen LogP contribution in [0.4, 0.5) is 11.4 Å². The van der Waals surface area contributed by atoms with Crippen LogP contribution in [0, 0.1) is 0 Å². The zero-order valence-corrected chi connectivity index (χ0v) is 43.1. The van der Waals surface area contributed by atoms with Crippen LogP contribution in [0.2, 0.25) is 0 Å². The van der Waals surface area contributed by atoms with Gasteiger partial charge in [-0.25, -0.2) is 4.98 Å². The molecule has 4 aliphatic rings. The Labute approximate surface area is 446 Å². The summed E-state index contributed by atoms with van der Waals surface area (Å²) in [6, 6.07) is 87.9. The molecule has 5 nitrogen and oxygen atoms in total. The second-order valence-corrected chi connectivity index (χ2v) is 22.2. The van der Waals surface area contributed by atoms with Gasteiger partial charge in [0.15, 0.2) is 0 Å². The fourth-order valence-corrected chi connectivity index (χ4v) is 14.0. The van der Waals surface area contributed by atoms with E-state index in [1.807, 2.05) is 6.20 Å². The third-order valence-electron chi connectivity index (χ3n) is 17.2. The summed E-state index contributed by atoms with van der Waals surface area (Å²) in [5, 5.41) is 9.60. The van der Waals surface area contributed by atoms with Gasteiger partial charge in [-0.1, -0.05) is 197 Å². The first-order valence-corrected chi connectivity index (χ1v) is 26.9. The van der Waals surface area contributed by atoms with Gasteiger partial charge in [0, 0.05) is 51.5 Å². The zero-order valence-electron chi connectivity index (χ0n) is 43.1. The van der Waals surface area contributed by atoms with E-state index in [1.165, 1.54) is 93.2 Å². The van der Waals surface area contributed by atoms with Crippen LogP contribution in [0.25, 0.3) is 71.0 Å². The molecule has 0 saturated heterocycles. The number of ether oxygens (including phenoxy) is 1. The molecular formula is C72H52N4O. The SMILES string of the molecule is CC(C)(C)c1ccnc(-n2c3ccccc3c3ccc(Oc4cccc(N5Cn6c7c5cccc7c5ccccc5c5ccccc5c5cccc(C78c9ccccc9C(c9ccccc97)c7ccccc78)c56)c4)cc32)c1. The Bertz CT molecular complexity index is 4610. The molecule has 77 heavy (non-hydrogen) atoms. The zero-order chi connectivity index (χ0) is 51.1. The van der Waals surface area contributed by atoms with Gasteiger partial charge in [0.1, 0.15) is 24.0 Å². The molecule has 0 amide bonds. The van der Waals surface area contributed by atoms with Gasteiger partial charge < -0.3 is 14.2 Å². The van der Waals surface area contributed by atoms with Crippen molar-refractivity contribution in [3.63, 3.8) is 0 Å². The van der Waals surface area contributed by atoms with Crippen LogP contribution in [-0.4, -0.2) is 14.1 Å². The van der Waals surface area contributed by atoms with Gasteiger partial charge in [-0.05, 0) is 120 Å². The van der Waals surface area contributed by atoms with Crippen LogP contribution in [0.3, 0.4) is 0 Å². The van der Waals surface area contributed by atoms with Gasteiger partial charge in [0.25, 0.3) is 0 Å². The second kappa shape index (κ2) is 16.3. The van der Waals surface area contributed by atoms with E-state index in [4.69, 9.17) is 9.72 Å². The minimum atomic E-state index is -0.617. The molecule has 0 N–H and O–H groups in total. The molecule has 10 aromatic carbocycles. The molecule has 4 heterocycles. The monoisotopic (exact) mass is 988 g/mol. The van der Waals surface area contributed by atoms with Gasteiger partial charge in [0.2, 0.25) is 0 Å². The molecule has 0 radical (unpaired) electrons. The molecule has 2 bridgehead atoms. The van der Waals surface area contributed by atoms with Crippen molar-refractivity contribution in [1.82, 2.24) is 14.1 Å². The highest BCUT2D eigenvalue weighted by Gasteiger charge is 2.53. The van der Waals surface area contributed by atoms with Crippen molar-refractivity contribution in [3.8, 4) is 17.3 Å². The third-order valence-corrected chi connectivity index (χ3v) is 17.2. The Morgan fingerprint density at radius 3 is 1.62 bits per heavy atom. The van der Waals surface area contributed by atoms with Crippen molar-refractivity contribution in [3.05, 3.63) is 287 Å². The third kappa shape index (κ3) is 6.20. The number of nitrogens with zero attached hydrogens (tertiary/aromatic N) is 4. The standard InChI is InChI=1S/C72H52N4O/c1-71(2,3)45-39-40-73-67(41-45)76-64-35-15-11-25-53(64)54-38-37-48(43-66(54)76)77-47-20-16-19-46(42-47)74-44-75-69-55(51-23-6-4-21-49(51)50-22-5-7-24-52(50)56-30-18-36-65(74)70(56)75)29-17-34-63(69)72-60-31-12-8-26-57(60)68(58-27-9-13-32-61(58)72)59-28-10-14-33-62(59)72/h4-43,68H,44H2,1-3H3. The Balaban J connectivity index is 0.931. The number of fused-ring (bicyclic) bond motifs is 10. The van der Waals surface area contributed by atoms with Crippen LogP contribution in [0.1, 0.15) is 71.2 Å². The number of para-hydroxylation sites is 3. The molecule has 3 aromatic heterocycles. The Morgan fingerprint density at radius 2 is 0.961 bits per heavy atom. The number of pyridine rings is 1. The van der Waals surface area contributed by atoms with Crippen LogP contribution in [-0.2, 0) is 17.5 Å². The van der Waals surface area contributed by atoms with Gasteiger partial charge >= 0.3 is 0 Å². The second-order valence-electron chi connectivity index (χ2n) is 22.2. The average molecular weight is 989 g/mol. The molecule has 0 unspecified atom stereocenters. The van der Waals surface area contributed by atoms with Gasteiger partial charge in [-0.3, -0.25) is 4.57 Å². The summed E-state index contributed by atoms with van der Waals surface area (Å²) in [6.07, 6.45) is 1.93. The minimum absolute atomic E-state index is 0.0271. The highest BCUT2D eigenvalue weighted by Crippen LogP contribution is 2.63. The van der Waals surface area contributed by atoms with E-state index < -0.39 is 5.41 Å². The molecule has 0 saturated carbocycles. The highest BCUT2D eigenvalue weighted by molar-refractivity contribution is 6.21. The summed E-state index contributed by atoms with van der Waals surface area (Å²) in [6.45, 7) is 7.32. The Morgan fingerprint density at radius 1 is 0.442 bits per heavy atom. The van der Waals surface area contributed by atoms with Crippen molar-refractivity contribution >= 4 is 76.5 Å². The smallest absolute Gasteiger partial charge is 0.137 e. The summed E-state index contributed by atoms with van der Waals surface area (Å²) in [5.41, 5.74) is 16.8. The summed E-state index contributed by atoms with van der Waals surface area (Å²) < 4.78 is 11.9. The Hall–Kier alpha value is -9.45. The average Bonchev–Trinajstić information content (AvgIpc) is 3.94. The van der Waals surface area contributed by atoms with Gasteiger partial charge in [-0.2, -0.15) is 0 Å². The molecule has 0 atom stereocenters. The van der Waals surface area contributed by atoms with Crippen LogP contribution < -0.4 is 9.64 Å². The molecular weight excluding hydrogens is 937 g/mol. The maximum Gasteiger partial charge on any atom is 0.137 e. The first-order valence-electron chi connectivity index (χ1n) is 26.9. The predicted molar refractivity (Wildman–Crippen MR) is 317 cm³/mol. The van der Waals surface area contributed by atoms with Crippen molar-refractivity contribution < 1.29 is 4.74 Å². The summed E-state index contributed by atoms with van der Waals surface area (Å²) >= 11 is 0. The first-order chi connectivity index (χ1) is 37.8. The van der Waals surface area contributed by atoms with Crippen molar-refractivity contribution in [1.29, 1.82) is 0 Å². The number of anilines is 2. The topological polar surface area (TPSA) is 35.2 Å². The maximum atomic E-state index is 6.98. The Kier molecular flexibility index (Phi) is 9.28. The predicted octanol–water partition coefficient (Wildman–Crippen LogP) is 18.1. The molecule has 13 aromatic rings. The van der Waals surface area contributed by atoms with E-state index in [2.05, 4.69) is 271 Å². The molecule has 0 fully saturated rings. The number of aromatic nitrogens is 3. The number of hydrogen-bond donors (Lipinski definition) is 0. The van der Waals surface area contributed by atoms with Crippen LogP contribution in [0.15, 0.2) is 243 Å². The van der Waals surface area contributed by atoms with Crippen molar-refractivity contribution in [2.24, 2.45) is 0 Å². The van der Waals surface area contributed by atoms with E-state index in [0.29, 0.717) is 6.67 Å². The van der Waals surface area contributed by atoms with Crippen molar-refractivity contribution in [2.75, 3.05) is 4.90 Å². The van der Waals surface area contributed by atoms with Gasteiger partial charge in [-0.15, -0.1) is 0 Å². The lowest BCUT2D eigenvalue weighted by Gasteiger charge is -2.51. The number of hydrogen-bond acceptors (Lipinski definition) is 3. The van der Waals surface area contributed by atoms with E-state index in [-0.39, 0.29) is 11.3 Å². The summed E-state index contributed by atoms with van der Waals surface area (Å²) in [5.74, 6) is 2.57. The number of benzene rings is 10. The summed E-state index contributed by atoms with van der Waals surface area (Å²) in [7, 11) is 0. The van der Waals surface area contributed by atoms with E-state index >= 15 is 0 Å². The van der Waals surface area contributed by atoms with Crippen LogP contribution >= 0.6 is 0 Å². The maximum absolute atomic E-state index is 6.98.